The summed E-state index contributed by atoms with van der Waals surface area (Å²) in [5, 5.41) is 9.13. The zero-order chi connectivity index (χ0) is 26.0. The van der Waals surface area contributed by atoms with Crippen molar-refractivity contribution < 1.29 is 17.6 Å². The van der Waals surface area contributed by atoms with Gasteiger partial charge in [-0.3, -0.25) is 9.10 Å². The van der Waals surface area contributed by atoms with Gasteiger partial charge in [0, 0.05) is 24.8 Å². The van der Waals surface area contributed by atoms with E-state index < -0.39 is 15.8 Å². The Labute approximate surface area is 211 Å². The van der Waals surface area contributed by atoms with Gasteiger partial charge in [-0.2, -0.15) is 4.98 Å². The molecule has 1 fully saturated rings. The number of carbonyl (C=O) groups is 1. The molecule has 2 aromatic rings. The highest BCUT2D eigenvalue weighted by Crippen LogP contribution is 2.45. The molecule has 0 radical (unpaired) electrons. The van der Waals surface area contributed by atoms with Crippen LogP contribution in [0.5, 0.6) is 0 Å². The lowest BCUT2D eigenvalue weighted by molar-refractivity contribution is -0.125. The molecule has 0 spiro atoms. The average molecular weight is 517 g/mol. The Morgan fingerprint density at radius 3 is 2.69 bits per heavy atom. The molecular weight excluding hydrogens is 483 g/mol. The van der Waals surface area contributed by atoms with Crippen LogP contribution in [0.1, 0.15) is 32.8 Å². The number of hydrogen-bond acceptors (Lipinski definition) is 7. The monoisotopic (exact) mass is 516 g/mol. The fourth-order valence-electron chi connectivity index (χ4n) is 5.28. The van der Waals surface area contributed by atoms with Crippen molar-refractivity contribution >= 4 is 39.1 Å². The second-order valence-electron chi connectivity index (χ2n) is 8.98. The van der Waals surface area contributed by atoms with Crippen LogP contribution in [-0.4, -0.2) is 49.7 Å². The van der Waals surface area contributed by atoms with E-state index in [-0.39, 0.29) is 41.5 Å². The molecule has 9 nitrogen and oxygen atoms in total. The van der Waals surface area contributed by atoms with Gasteiger partial charge in [-0.25, -0.2) is 17.8 Å². The highest BCUT2D eigenvalue weighted by molar-refractivity contribution is 7.92. The van der Waals surface area contributed by atoms with Gasteiger partial charge in [-0.15, -0.1) is 0 Å². The van der Waals surface area contributed by atoms with Gasteiger partial charge in [0.15, 0.2) is 11.6 Å². The van der Waals surface area contributed by atoms with Crippen molar-refractivity contribution in [3.8, 4) is 0 Å². The van der Waals surface area contributed by atoms with Gasteiger partial charge in [0.25, 0.3) is 0 Å². The SMILES string of the molecule is CC.CCNC(=O)C1C2C=CC(C2)C1Nc1nc(Nc2ccc3c(c2)CCN3S(C)(=O)=O)ncc1F. The molecule has 3 N–H and O–H groups in total. The molecule has 1 amide bonds. The first kappa shape index (κ1) is 25.9. The number of sulfonamides is 1. The smallest absolute Gasteiger partial charge is 0.232 e. The lowest BCUT2D eigenvalue weighted by Gasteiger charge is -2.28. The van der Waals surface area contributed by atoms with Gasteiger partial charge in [0.1, 0.15) is 0 Å². The minimum absolute atomic E-state index is 0.0362. The number of halogens is 1. The van der Waals surface area contributed by atoms with Gasteiger partial charge in [-0.1, -0.05) is 26.0 Å². The van der Waals surface area contributed by atoms with Gasteiger partial charge >= 0.3 is 0 Å². The molecule has 36 heavy (non-hydrogen) atoms. The number of allylic oxidation sites excluding steroid dienone is 1. The van der Waals surface area contributed by atoms with Crippen LogP contribution in [0.3, 0.4) is 0 Å². The van der Waals surface area contributed by atoms with Gasteiger partial charge in [-0.05, 0) is 55.4 Å². The fraction of sp³-hybridized carbons (Fsp3) is 0.480. The number of amides is 1. The summed E-state index contributed by atoms with van der Waals surface area (Å²) in [5.74, 6) is -0.393. The average Bonchev–Trinajstić information content (AvgIpc) is 3.57. The zero-order valence-electron chi connectivity index (χ0n) is 21.0. The number of fused-ring (bicyclic) bond motifs is 3. The molecule has 0 saturated heterocycles. The number of aromatic nitrogens is 2. The summed E-state index contributed by atoms with van der Waals surface area (Å²) in [5.41, 5.74) is 2.24. The highest BCUT2D eigenvalue weighted by Gasteiger charge is 2.48. The van der Waals surface area contributed by atoms with Crippen LogP contribution >= 0.6 is 0 Å². The third-order valence-corrected chi connectivity index (χ3v) is 7.93. The lowest BCUT2D eigenvalue weighted by atomic mass is 9.88. The van der Waals surface area contributed by atoms with Crippen molar-refractivity contribution in [3.63, 3.8) is 0 Å². The molecular formula is C25H33FN6O3S. The number of hydrogen-bond donors (Lipinski definition) is 3. The van der Waals surface area contributed by atoms with Crippen LogP contribution in [-0.2, 0) is 21.2 Å². The Morgan fingerprint density at radius 2 is 1.97 bits per heavy atom. The number of carbonyl (C=O) groups excluding carboxylic acids is 1. The molecule has 4 unspecified atom stereocenters. The standard InChI is InChI=1S/C23H27FN6O3S.C2H6/c1-3-25-22(31)19-14-4-5-15(10-14)20(19)28-21-17(24)12-26-23(29-21)27-16-6-7-18-13(11-16)8-9-30(18)34(2,32)33;1-2/h4-7,11-12,14-15,19-20H,3,8-10H2,1-2H3,(H,25,31)(H2,26,27,28,29);1-2H3. The summed E-state index contributed by atoms with van der Waals surface area (Å²) in [6.45, 7) is 6.83. The first-order valence-corrected chi connectivity index (χ1v) is 14.2. The van der Waals surface area contributed by atoms with E-state index in [1.165, 1.54) is 10.6 Å². The highest BCUT2D eigenvalue weighted by atomic mass is 32.2. The van der Waals surface area contributed by atoms with E-state index in [0.717, 1.165) is 18.2 Å². The van der Waals surface area contributed by atoms with Crippen molar-refractivity contribution in [1.29, 1.82) is 0 Å². The molecule has 1 aromatic heterocycles. The molecule has 2 heterocycles. The number of benzene rings is 1. The molecule has 11 heteroatoms. The van der Waals surface area contributed by atoms with Crippen LogP contribution in [0.15, 0.2) is 36.5 Å². The summed E-state index contributed by atoms with van der Waals surface area (Å²) in [6, 6.07) is 5.09. The van der Waals surface area contributed by atoms with E-state index >= 15 is 0 Å². The van der Waals surface area contributed by atoms with Crippen LogP contribution in [0.2, 0.25) is 0 Å². The zero-order valence-corrected chi connectivity index (χ0v) is 21.8. The fourth-order valence-corrected chi connectivity index (χ4v) is 6.24. The van der Waals surface area contributed by atoms with E-state index in [2.05, 4.69) is 38.1 Å². The topological polar surface area (TPSA) is 116 Å². The second kappa shape index (κ2) is 10.4. The minimum atomic E-state index is -3.32. The van der Waals surface area contributed by atoms with Crippen LogP contribution in [0.4, 0.5) is 27.5 Å². The summed E-state index contributed by atoms with van der Waals surface area (Å²) < 4.78 is 39.9. The summed E-state index contributed by atoms with van der Waals surface area (Å²) in [7, 11) is -3.32. The molecule has 2 bridgehead atoms. The lowest BCUT2D eigenvalue weighted by Crippen LogP contribution is -2.43. The summed E-state index contributed by atoms with van der Waals surface area (Å²) in [6.07, 6.45) is 7.91. The predicted molar refractivity (Wildman–Crippen MR) is 139 cm³/mol. The Morgan fingerprint density at radius 1 is 1.22 bits per heavy atom. The van der Waals surface area contributed by atoms with Crippen LogP contribution < -0.4 is 20.3 Å². The quantitative estimate of drug-likeness (QED) is 0.483. The van der Waals surface area contributed by atoms with Gasteiger partial charge < -0.3 is 16.0 Å². The van der Waals surface area contributed by atoms with Crippen molar-refractivity contribution in [2.24, 2.45) is 17.8 Å². The van der Waals surface area contributed by atoms with Crippen LogP contribution in [0.25, 0.3) is 0 Å². The Kier molecular flexibility index (Phi) is 7.49. The number of nitrogens with zero attached hydrogens (tertiary/aromatic N) is 3. The second-order valence-corrected chi connectivity index (χ2v) is 10.9. The first-order valence-electron chi connectivity index (χ1n) is 12.4. The maximum atomic E-state index is 14.6. The molecule has 5 rings (SSSR count). The first-order chi connectivity index (χ1) is 17.2. The van der Waals surface area contributed by atoms with Crippen molar-refractivity contribution in [1.82, 2.24) is 15.3 Å². The number of anilines is 4. The number of nitrogens with one attached hydrogen (secondary N) is 3. The van der Waals surface area contributed by atoms with Crippen molar-refractivity contribution in [2.45, 2.75) is 39.7 Å². The molecule has 1 aromatic carbocycles. The predicted octanol–water partition coefficient (Wildman–Crippen LogP) is 3.45. The Hall–Kier alpha value is -3.21. The van der Waals surface area contributed by atoms with E-state index in [1.54, 1.807) is 12.1 Å². The minimum Gasteiger partial charge on any atom is -0.363 e. The maximum Gasteiger partial charge on any atom is 0.232 e. The third kappa shape index (κ3) is 5.02. The summed E-state index contributed by atoms with van der Waals surface area (Å²) >= 11 is 0. The molecule has 194 valence electrons. The molecule has 4 atom stereocenters. The molecule has 3 aliphatic rings. The normalized spacial score (nSPS) is 23.6. The molecule has 1 saturated carbocycles. The third-order valence-electron chi connectivity index (χ3n) is 6.75. The Balaban J connectivity index is 0.00000148. The largest absolute Gasteiger partial charge is 0.363 e. The van der Waals surface area contributed by atoms with Crippen molar-refractivity contribution in [2.75, 3.05) is 34.3 Å². The van der Waals surface area contributed by atoms with Crippen molar-refractivity contribution in [3.05, 3.63) is 47.9 Å². The Bertz CT molecular complexity index is 1270. The molecule has 1 aliphatic heterocycles. The number of rotatable bonds is 7. The molecule has 2 aliphatic carbocycles. The maximum absolute atomic E-state index is 14.6. The van der Waals surface area contributed by atoms with E-state index in [4.69, 9.17) is 0 Å². The van der Waals surface area contributed by atoms with E-state index in [0.29, 0.717) is 30.9 Å². The van der Waals surface area contributed by atoms with E-state index in [1.807, 2.05) is 26.8 Å². The summed E-state index contributed by atoms with van der Waals surface area (Å²) in [4.78, 5) is 21.0. The van der Waals surface area contributed by atoms with Gasteiger partial charge in [0.2, 0.25) is 21.9 Å². The van der Waals surface area contributed by atoms with E-state index in [9.17, 15) is 17.6 Å². The van der Waals surface area contributed by atoms with Gasteiger partial charge in [0.05, 0.1) is 24.1 Å². The van der Waals surface area contributed by atoms with Crippen LogP contribution in [0, 0.1) is 23.6 Å².